The maximum absolute atomic E-state index is 11.9. The van der Waals surface area contributed by atoms with Crippen LogP contribution in [0.2, 0.25) is 4.47 Å². The molecule has 3 nitrogen and oxygen atoms in total. The van der Waals surface area contributed by atoms with Gasteiger partial charge in [0.15, 0.2) is 4.47 Å². The largest absolute Gasteiger partial charge is 0.468 e. The molecule has 0 aliphatic heterocycles. The number of hydrogen-bond donors (Lipinski definition) is 0. The number of hydrogen-bond acceptors (Lipinski definition) is 4. The van der Waals surface area contributed by atoms with E-state index in [1.54, 1.807) is 25.5 Å². The molecule has 0 saturated heterocycles. The van der Waals surface area contributed by atoms with E-state index in [4.69, 9.17) is 16.0 Å². The van der Waals surface area contributed by atoms with Crippen molar-refractivity contribution < 1.29 is 8.63 Å². The number of furan rings is 1. The van der Waals surface area contributed by atoms with Crippen molar-refractivity contribution in [3.05, 3.63) is 33.6 Å². The van der Waals surface area contributed by atoms with Crippen LogP contribution in [0, 0.1) is 6.92 Å². The first-order valence-electron chi connectivity index (χ1n) is 4.19. The molecule has 2 aromatic heterocycles. The molecule has 6 heteroatoms. The van der Waals surface area contributed by atoms with Gasteiger partial charge in [-0.3, -0.25) is 4.21 Å². The first-order chi connectivity index (χ1) is 7.16. The molecule has 2 aromatic rings. The van der Waals surface area contributed by atoms with Crippen molar-refractivity contribution in [1.29, 1.82) is 0 Å². The molecule has 0 fully saturated rings. The van der Waals surface area contributed by atoms with E-state index in [2.05, 4.69) is 4.98 Å². The van der Waals surface area contributed by atoms with E-state index in [0.717, 1.165) is 9.77 Å². The van der Waals surface area contributed by atoms with Crippen molar-refractivity contribution in [1.82, 2.24) is 4.98 Å². The molecule has 0 spiro atoms. The van der Waals surface area contributed by atoms with E-state index in [1.165, 1.54) is 11.3 Å². The maximum atomic E-state index is 11.9. The Balaban J connectivity index is 2.14. The Bertz CT molecular complexity index is 492. The third kappa shape index (κ3) is 2.48. The maximum Gasteiger partial charge on any atom is 0.183 e. The Morgan fingerprint density at radius 2 is 2.47 bits per heavy atom. The highest BCUT2D eigenvalue weighted by molar-refractivity contribution is 7.84. The van der Waals surface area contributed by atoms with Crippen molar-refractivity contribution in [3.63, 3.8) is 0 Å². The highest BCUT2D eigenvalue weighted by Crippen LogP contribution is 2.22. The molecule has 0 bridgehead atoms. The Hall–Kier alpha value is -0.650. The molecule has 0 amide bonds. The average Bonchev–Trinajstić information content (AvgIpc) is 2.75. The van der Waals surface area contributed by atoms with Crippen LogP contribution in [-0.4, -0.2) is 9.19 Å². The number of aryl methyl sites for hydroxylation is 1. The summed E-state index contributed by atoms with van der Waals surface area (Å²) in [6.45, 7) is 1.80. The van der Waals surface area contributed by atoms with Crippen LogP contribution in [0.1, 0.15) is 10.6 Å². The minimum atomic E-state index is -1.08. The predicted molar refractivity (Wildman–Crippen MR) is 60.7 cm³/mol. The van der Waals surface area contributed by atoms with Gasteiger partial charge in [0.25, 0.3) is 0 Å². The minimum absolute atomic E-state index is 0.435. The summed E-state index contributed by atoms with van der Waals surface area (Å²) in [7, 11) is -1.08. The first kappa shape index (κ1) is 10.9. The highest BCUT2D eigenvalue weighted by atomic mass is 35.5. The van der Waals surface area contributed by atoms with Gasteiger partial charge in [0, 0.05) is 11.1 Å². The Morgan fingerprint density at radius 1 is 1.67 bits per heavy atom. The van der Waals surface area contributed by atoms with Gasteiger partial charge in [-0.1, -0.05) is 11.6 Å². The monoisotopic (exact) mass is 261 g/mol. The molecule has 0 saturated carbocycles. The van der Waals surface area contributed by atoms with Crippen LogP contribution in [0.25, 0.3) is 0 Å². The Morgan fingerprint density at radius 3 is 3.00 bits per heavy atom. The van der Waals surface area contributed by atoms with Gasteiger partial charge in [0.05, 0.1) is 27.7 Å². The van der Waals surface area contributed by atoms with Gasteiger partial charge in [-0.05, 0) is 13.0 Å². The van der Waals surface area contributed by atoms with Crippen LogP contribution in [0.4, 0.5) is 0 Å². The molecule has 15 heavy (non-hydrogen) atoms. The lowest BCUT2D eigenvalue weighted by Crippen LogP contribution is -1.94. The fourth-order valence-electron chi connectivity index (χ4n) is 1.17. The summed E-state index contributed by atoms with van der Waals surface area (Å²) >= 11 is 7.04. The fraction of sp³-hybridized carbons (Fsp3) is 0.222. The molecule has 0 unspecified atom stereocenters. The lowest BCUT2D eigenvalue weighted by molar-refractivity contribution is 0.526. The quantitative estimate of drug-likeness (QED) is 0.853. The molecule has 0 radical (unpaired) electrons. The summed E-state index contributed by atoms with van der Waals surface area (Å²) in [5.74, 6) is 1.13. The van der Waals surface area contributed by atoms with Gasteiger partial charge in [0.2, 0.25) is 0 Å². The second-order valence-corrected chi connectivity index (χ2v) is 6.03. The normalized spacial score (nSPS) is 12.9. The SMILES string of the molecule is Cc1occc1[S@@](=O)Cc1cnc(Cl)s1. The van der Waals surface area contributed by atoms with Gasteiger partial charge in [-0.2, -0.15) is 0 Å². The van der Waals surface area contributed by atoms with Crippen LogP contribution in [0.5, 0.6) is 0 Å². The highest BCUT2D eigenvalue weighted by Gasteiger charge is 2.12. The predicted octanol–water partition coefficient (Wildman–Crippen LogP) is 3.01. The standard InChI is InChI=1S/C9H8ClNO2S2/c1-6-8(2-3-13-6)15(12)5-7-4-11-9(10)14-7/h2-4H,5H2,1H3/t15-/m0/s1. The smallest absolute Gasteiger partial charge is 0.183 e. The van der Waals surface area contributed by atoms with Crippen molar-refractivity contribution in [3.8, 4) is 0 Å². The fourth-order valence-corrected chi connectivity index (χ4v) is 3.56. The molecular weight excluding hydrogens is 254 g/mol. The van der Waals surface area contributed by atoms with E-state index in [0.29, 0.717) is 16.0 Å². The van der Waals surface area contributed by atoms with E-state index >= 15 is 0 Å². The molecule has 0 N–H and O–H groups in total. The minimum Gasteiger partial charge on any atom is -0.468 e. The van der Waals surface area contributed by atoms with Crippen molar-refractivity contribution in [2.75, 3.05) is 0 Å². The summed E-state index contributed by atoms with van der Waals surface area (Å²) < 4.78 is 17.5. The summed E-state index contributed by atoms with van der Waals surface area (Å²) in [6, 6.07) is 1.73. The second-order valence-electron chi connectivity index (χ2n) is 2.91. The topological polar surface area (TPSA) is 43.1 Å². The second kappa shape index (κ2) is 4.47. The lowest BCUT2D eigenvalue weighted by atomic mass is 10.5. The molecule has 2 rings (SSSR count). The van der Waals surface area contributed by atoms with Crippen molar-refractivity contribution in [2.45, 2.75) is 17.6 Å². The number of rotatable bonds is 3. The Labute approximate surface area is 98.6 Å². The number of aromatic nitrogens is 1. The number of thiazole rings is 1. The Kier molecular flexibility index (Phi) is 3.23. The number of halogens is 1. The lowest BCUT2D eigenvalue weighted by Gasteiger charge is -1.96. The summed E-state index contributed by atoms with van der Waals surface area (Å²) in [5, 5.41) is 0. The number of nitrogens with zero attached hydrogens (tertiary/aromatic N) is 1. The van der Waals surface area contributed by atoms with E-state index < -0.39 is 10.8 Å². The van der Waals surface area contributed by atoms with Gasteiger partial charge in [-0.15, -0.1) is 11.3 Å². The zero-order valence-electron chi connectivity index (χ0n) is 7.90. The van der Waals surface area contributed by atoms with E-state index in [-0.39, 0.29) is 0 Å². The third-order valence-electron chi connectivity index (χ3n) is 1.86. The zero-order chi connectivity index (χ0) is 10.8. The molecule has 0 aliphatic rings. The van der Waals surface area contributed by atoms with E-state index in [9.17, 15) is 4.21 Å². The molecule has 1 atom stereocenters. The van der Waals surface area contributed by atoms with Gasteiger partial charge in [-0.25, -0.2) is 4.98 Å². The van der Waals surface area contributed by atoms with Crippen LogP contribution < -0.4 is 0 Å². The average molecular weight is 262 g/mol. The van der Waals surface area contributed by atoms with Crippen molar-refractivity contribution >= 4 is 33.7 Å². The molecular formula is C9H8ClNO2S2. The molecule has 0 aliphatic carbocycles. The molecule has 0 aromatic carbocycles. The summed E-state index contributed by atoms with van der Waals surface area (Å²) in [4.78, 5) is 5.55. The third-order valence-corrected chi connectivity index (χ3v) is 4.64. The molecule has 2 heterocycles. The van der Waals surface area contributed by atoms with Gasteiger partial charge >= 0.3 is 0 Å². The van der Waals surface area contributed by atoms with Crippen LogP contribution >= 0.6 is 22.9 Å². The van der Waals surface area contributed by atoms with Crippen molar-refractivity contribution in [2.24, 2.45) is 0 Å². The summed E-state index contributed by atoms with van der Waals surface area (Å²) in [5.41, 5.74) is 0. The molecule has 80 valence electrons. The van der Waals surface area contributed by atoms with Gasteiger partial charge < -0.3 is 4.42 Å². The first-order valence-corrected chi connectivity index (χ1v) is 6.71. The summed E-state index contributed by atoms with van der Waals surface area (Å²) in [6.07, 6.45) is 3.20. The van der Waals surface area contributed by atoms with E-state index in [1.807, 2.05) is 0 Å². The van der Waals surface area contributed by atoms with Gasteiger partial charge in [0.1, 0.15) is 5.76 Å². The zero-order valence-corrected chi connectivity index (χ0v) is 10.3. The van der Waals surface area contributed by atoms with Crippen LogP contribution in [-0.2, 0) is 16.6 Å². The van der Waals surface area contributed by atoms with Crippen LogP contribution in [0.3, 0.4) is 0 Å². The van der Waals surface area contributed by atoms with Crippen LogP contribution in [0.15, 0.2) is 27.8 Å².